The van der Waals surface area contributed by atoms with Crippen molar-refractivity contribution < 1.29 is 14.3 Å². The van der Waals surface area contributed by atoms with Crippen molar-refractivity contribution in [2.75, 3.05) is 19.7 Å². The number of thiophene rings is 1. The molecule has 0 aliphatic carbocycles. The summed E-state index contributed by atoms with van der Waals surface area (Å²) in [6.07, 6.45) is 7.20. The first-order valence-corrected chi connectivity index (χ1v) is 10.8. The SMILES string of the molecule is CC(C)(C)OC(=O)N1CCC(c2cc3cnn(C4CCCCO4)c3s2)CC1. The molecule has 1 unspecified atom stereocenters. The minimum Gasteiger partial charge on any atom is -0.444 e. The molecular weight excluding hydrogens is 362 g/mol. The van der Waals surface area contributed by atoms with Crippen molar-refractivity contribution in [3.05, 3.63) is 17.1 Å². The summed E-state index contributed by atoms with van der Waals surface area (Å²) in [4.78, 5) is 16.7. The number of hydrogen-bond donors (Lipinski definition) is 0. The van der Waals surface area contributed by atoms with Crippen LogP contribution in [0.15, 0.2) is 12.3 Å². The van der Waals surface area contributed by atoms with E-state index in [1.54, 1.807) is 0 Å². The molecule has 2 aliphatic heterocycles. The Morgan fingerprint density at radius 1 is 1.26 bits per heavy atom. The maximum absolute atomic E-state index is 12.3. The van der Waals surface area contributed by atoms with Crippen LogP contribution in [0, 0.1) is 0 Å². The average Bonchev–Trinajstić information content (AvgIpc) is 3.22. The fraction of sp³-hybridized carbons (Fsp3) is 0.700. The van der Waals surface area contributed by atoms with Crippen molar-refractivity contribution in [3.63, 3.8) is 0 Å². The number of piperidine rings is 1. The third kappa shape index (κ3) is 4.14. The zero-order valence-corrected chi connectivity index (χ0v) is 17.3. The average molecular weight is 392 g/mol. The Kier molecular flexibility index (Phi) is 5.16. The lowest BCUT2D eigenvalue weighted by Crippen LogP contribution is -2.41. The topological polar surface area (TPSA) is 56.6 Å². The van der Waals surface area contributed by atoms with E-state index in [0.717, 1.165) is 45.4 Å². The Labute approximate surface area is 164 Å². The van der Waals surface area contributed by atoms with Gasteiger partial charge in [-0.3, -0.25) is 0 Å². The Balaban J connectivity index is 1.42. The van der Waals surface area contributed by atoms with E-state index in [4.69, 9.17) is 9.47 Å². The fourth-order valence-corrected chi connectivity index (χ4v) is 5.16. The van der Waals surface area contributed by atoms with E-state index in [-0.39, 0.29) is 12.3 Å². The fourth-order valence-electron chi connectivity index (χ4n) is 3.86. The molecule has 4 heterocycles. The second-order valence-corrected chi connectivity index (χ2v) is 9.62. The van der Waals surface area contributed by atoms with Crippen molar-refractivity contribution in [1.82, 2.24) is 14.7 Å². The van der Waals surface area contributed by atoms with Gasteiger partial charge in [0, 0.05) is 30.0 Å². The standard InChI is InChI=1S/C20H29N3O3S/c1-20(2,3)26-19(24)22-9-7-14(8-10-22)16-12-15-13-21-23(18(15)27-16)17-6-4-5-11-25-17/h12-14,17H,4-11H2,1-3H3. The number of amides is 1. The molecule has 6 nitrogen and oxygen atoms in total. The first-order chi connectivity index (χ1) is 12.9. The summed E-state index contributed by atoms with van der Waals surface area (Å²) >= 11 is 1.84. The molecule has 2 saturated heterocycles. The second kappa shape index (κ2) is 7.43. The highest BCUT2D eigenvalue weighted by molar-refractivity contribution is 7.18. The Bertz CT molecular complexity index is 793. The smallest absolute Gasteiger partial charge is 0.410 e. The molecule has 0 radical (unpaired) electrons. The van der Waals surface area contributed by atoms with Crippen LogP contribution in [0.3, 0.4) is 0 Å². The van der Waals surface area contributed by atoms with E-state index in [1.807, 2.05) is 43.2 Å². The zero-order chi connectivity index (χ0) is 19.0. The zero-order valence-electron chi connectivity index (χ0n) is 16.4. The molecule has 1 atom stereocenters. The van der Waals surface area contributed by atoms with Gasteiger partial charge in [0.2, 0.25) is 0 Å². The third-order valence-corrected chi connectivity index (χ3v) is 6.57. The monoisotopic (exact) mass is 391 g/mol. The van der Waals surface area contributed by atoms with Gasteiger partial charge in [0.1, 0.15) is 10.4 Å². The summed E-state index contributed by atoms with van der Waals surface area (Å²) in [5, 5.41) is 5.77. The maximum atomic E-state index is 12.3. The molecule has 0 N–H and O–H groups in total. The van der Waals surface area contributed by atoms with Gasteiger partial charge < -0.3 is 14.4 Å². The number of aromatic nitrogens is 2. The molecule has 7 heteroatoms. The van der Waals surface area contributed by atoms with Crippen LogP contribution >= 0.6 is 11.3 Å². The first kappa shape index (κ1) is 18.7. The van der Waals surface area contributed by atoms with E-state index in [9.17, 15) is 4.79 Å². The minimum absolute atomic E-state index is 0.0803. The highest BCUT2D eigenvalue weighted by atomic mass is 32.1. The number of nitrogens with zero attached hydrogens (tertiary/aromatic N) is 3. The van der Waals surface area contributed by atoms with Gasteiger partial charge in [-0.15, -0.1) is 11.3 Å². The van der Waals surface area contributed by atoms with E-state index in [1.165, 1.54) is 21.5 Å². The van der Waals surface area contributed by atoms with Gasteiger partial charge >= 0.3 is 6.09 Å². The molecule has 0 aromatic carbocycles. The highest BCUT2D eigenvalue weighted by Crippen LogP contribution is 2.38. The molecule has 2 aromatic rings. The van der Waals surface area contributed by atoms with Crippen LogP contribution in [0.4, 0.5) is 4.79 Å². The summed E-state index contributed by atoms with van der Waals surface area (Å²) in [5.74, 6) is 0.502. The van der Waals surface area contributed by atoms with Gasteiger partial charge in [-0.2, -0.15) is 5.10 Å². The van der Waals surface area contributed by atoms with E-state index in [2.05, 4.69) is 15.8 Å². The largest absolute Gasteiger partial charge is 0.444 e. The third-order valence-electron chi connectivity index (χ3n) is 5.27. The van der Waals surface area contributed by atoms with Crippen molar-refractivity contribution >= 4 is 27.6 Å². The number of hydrogen-bond acceptors (Lipinski definition) is 5. The lowest BCUT2D eigenvalue weighted by Gasteiger charge is -2.33. The van der Waals surface area contributed by atoms with Crippen molar-refractivity contribution in [1.29, 1.82) is 0 Å². The normalized spacial score (nSPS) is 22.3. The van der Waals surface area contributed by atoms with Gasteiger partial charge in [-0.1, -0.05) is 0 Å². The summed E-state index contributed by atoms with van der Waals surface area (Å²) in [7, 11) is 0. The lowest BCUT2D eigenvalue weighted by atomic mass is 9.95. The number of fused-ring (bicyclic) bond motifs is 1. The Morgan fingerprint density at radius 2 is 2.04 bits per heavy atom. The predicted octanol–water partition coefficient (Wildman–Crippen LogP) is 4.91. The summed E-state index contributed by atoms with van der Waals surface area (Å²) < 4.78 is 13.5. The van der Waals surface area contributed by atoms with E-state index in [0.29, 0.717) is 5.92 Å². The maximum Gasteiger partial charge on any atom is 0.410 e. The molecular formula is C20H29N3O3S. The van der Waals surface area contributed by atoms with Crippen LogP contribution in [-0.4, -0.2) is 46.1 Å². The van der Waals surface area contributed by atoms with Crippen LogP contribution in [0.5, 0.6) is 0 Å². The number of rotatable bonds is 2. The minimum atomic E-state index is -0.438. The van der Waals surface area contributed by atoms with Gasteiger partial charge in [0.25, 0.3) is 0 Å². The van der Waals surface area contributed by atoms with Crippen LogP contribution in [0.1, 0.15) is 69.9 Å². The van der Waals surface area contributed by atoms with E-state index < -0.39 is 5.60 Å². The van der Waals surface area contributed by atoms with Crippen molar-refractivity contribution in [2.45, 2.75) is 70.6 Å². The van der Waals surface area contributed by atoms with Crippen LogP contribution < -0.4 is 0 Å². The summed E-state index contributed by atoms with van der Waals surface area (Å²) in [5.41, 5.74) is -0.438. The molecule has 0 bridgehead atoms. The van der Waals surface area contributed by atoms with Crippen LogP contribution in [-0.2, 0) is 9.47 Å². The number of carbonyl (C=O) groups is 1. The number of carbonyl (C=O) groups excluding carboxylic acids is 1. The molecule has 2 fully saturated rings. The summed E-state index contributed by atoms with van der Waals surface area (Å²) in [6.45, 7) is 8.07. The number of likely N-dealkylation sites (tertiary alicyclic amines) is 1. The lowest BCUT2D eigenvalue weighted by molar-refractivity contribution is -0.0363. The van der Waals surface area contributed by atoms with E-state index >= 15 is 0 Å². The Morgan fingerprint density at radius 3 is 2.70 bits per heavy atom. The first-order valence-electron chi connectivity index (χ1n) is 9.97. The second-order valence-electron chi connectivity index (χ2n) is 8.56. The van der Waals surface area contributed by atoms with Gasteiger partial charge in [0.05, 0.1) is 6.20 Å². The number of ether oxygens (including phenoxy) is 2. The van der Waals surface area contributed by atoms with Crippen molar-refractivity contribution in [3.8, 4) is 0 Å². The van der Waals surface area contributed by atoms with Crippen LogP contribution in [0.25, 0.3) is 10.2 Å². The van der Waals surface area contributed by atoms with Crippen molar-refractivity contribution in [2.24, 2.45) is 0 Å². The molecule has 0 saturated carbocycles. The van der Waals surface area contributed by atoms with Gasteiger partial charge in [0.15, 0.2) is 6.23 Å². The Hall–Kier alpha value is -1.60. The molecule has 1 amide bonds. The summed E-state index contributed by atoms with van der Waals surface area (Å²) in [6, 6.07) is 2.28. The van der Waals surface area contributed by atoms with Crippen LogP contribution in [0.2, 0.25) is 0 Å². The van der Waals surface area contributed by atoms with Gasteiger partial charge in [-0.05, 0) is 64.9 Å². The molecule has 148 valence electrons. The highest BCUT2D eigenvalue weighted by Gasteiger charge is 2.29. The molecule has 27 heavy (non-hydrogen) atoms. The molecule has 2 aliphatic rings. The molecule has 4 rings (SSSR count). The quantitative estimate of drug-likeness (QED) is 0.730. The predicted molar refractivity (Wildman–Crippen MR) is 106 cm³/mol. The van der Waals surface area contributed by atoms with Gasteiger partial charge in [-0.25, -0.2) is 9.48 Å². The molecule has 0 spiro atoms. The molecule has 2 aromatic heterocycles.